The Morgan fingerprint density at radius 3 is 2.00 bits per heavy atom. The molecular weight excluding hydrogens is 208 g/mol. The van der Waals surface area contributed by atoms with Crippen molar-refractivity contribution in [3.63, 3.8) is 0 Å². The molecule has 0 aliphatic carbocycles. The van der Waals surface area contributed by atoms with Crippen LogP contribution in [0.2, 0.25) is 6.04 Å². The van der Waals surface area contributed by atoms with Crippen LogP contribution in [-0.2, 0) is 13.9 Å². The van der Waals surface area contributed by atoms with Gasteiger partial charge in [0.1, 0.15) is 0 Å². The highest BCUT2D eigenvalue weighted by molar-refractivity contribution is 6.27. The number of hydrogen-bond acceptors (Lipinski definition) is 3. The van der Waals surface area contributed by atoms with Crippen molar-refractivity contribution in [1.82, 2.24) is 0 Å². The van der Waals surface area contributed by atoms with Crippen molar-refractivity contribution in [2.75, 3.05) is 13.2 Å². The topological polar surface area (TPSA) is 27.7 Å². The first kappa shape index (κ1) is 15.1. The molecule has 92 valence electrons. The highest BCUT2D eigenvalue weighted by Crippen LogP contribution is 2.02. The zero-order chi connectivity index (χ0) is 11.4. The maximum atomic E-state index is 5.64. The third-order valence-corrected chi connectivity index (χ3v) is 3.21. The van der Waals surface area contributed by atoms with Crippen LogP contribution in [0.3, 0.4) is 0 Å². The van der Waals surface area contributed by atoms with E-state index in [1.165, 1.54) is 18.9 Å². The lowest BCUT2D eigenvalue weighted by Crippen LogP contribution is -2.23. The van der Waals surface area contributed by atoms with Crippen molar-refractivity contribution in [1.29, 1.82) is 0 Å². The molecule has 0 saturated heterocycles. The number of rotatable bonds is 11. The summed E-state index contributed by atoms with van der Waals surface area (Å²) >= 11 is 0. The Kier molecular flexibility index (Phi) is 12.2. The molecule has 3 nitrogen and oxygen atoms in total. The van der Waals surface area contributed by atoms with Crippen LogP contribution in [0.1, 0.15) is 46.5 Å². The molecule has 0 aliphatic rings. The van der Waals surface area contributed by atoms with E-state index < -0.39 is 16.2 Å². The monoisotopic (exact) mass is 234 g/mol. The fourth-order valence-electron chi connectivity index (χ4n) is 1.10. The van der Waals surface area contributed by atoms with Crippen molar-refractivity contribution < 1.29 is 13.9 Å². The predicted octanol–water partition coefficient (Wildman–Crippen LogP) is 2.44. The summed E-state index contributed by atoms with van der Waals surface area (Å²) in [6.45, 7) is 7.42. The molecule has 0 aromatic carbocycles. The summed E-state index contributed by atoms with van der Waals surface area (Å²) in [5.41, 5.74) is 0. The molecule has 0 unspecified atom stereocenters. The van der Waals surface area contributed by atoms with E-state index in [1.807, 2.05) is 0 Å². The van der Waals surface area contributed by atoms with Gasteiger partial charge in [0, 0.05) is 0 Å². The summed E-state index contributed by atoms with van der Waals surface area (Å²) in [7, 11) is -0.453. The molecule has 0 aliphatic heterocycles. The minimum Gasteiger partial charge on any atom is -0.379 e. The Labute approximate surface area is 96.4 Å². The summed E-state index contributed by atoms with van der Waals surface area (Å²) in [6, 6.07) is 1.22. The van der Waals surface area contributed by atoms with Gasteiger partial charge in [-0.25, -0.2) is 0 Å². The zero-order valence-electron chi connectivity index (χ0n) is 10.5. The van der Waals surface area contributed by atoms with Gasteiger partial charge in [0.25, 0.3) is 6.48 Å². The molecule has 0 spiro atoms. The van der Waals surface area contributed by atoms with Crippen molar-refractivity contribution in [3.8, 4) is 0 Å². The van der Waals surface area contributed by atoms with Gasteiger partial charge in [-0.15, -0.1) is 0 Å². The largest absolute Gasteiger partial charge is 0.379 e. The van der Waals surface area contributed by atoms with E-state index >= 15 is 0 Å². The van der Waals surface area contributed by atoms with Crippen LogP contribution in [0.15, 0.2) is 0 Å². The van der Waals surface area contributed by atoms with Gasteiger partial charge < -0.3 is 13.9 Å². The molecule has 0 rings (SSSR count). The number of unbranched alkanes of at least 4 members (excludes halogenated alkanes) is 1. The first-order valence-electron chi connectivity index (χ1n) is 6.19. The van der Waals surface area contributed by atoms with E-state index in [-0.39, 0.29) is 0 Å². The van der Waals surface area contributed by atoms with E-state index in [2.05, 4.69) is 20.8 Å². The zero-order valence-corrected chi connectivity index (χ0v) is 11.9. The standard InChI is InChI=1S/C11H26O3Si/c1-4-7-10-15-14-11(12-8-5-2)13-9-6-3/h11H,4-10,15H2,1-3H3. The van der Waals surface area contributed by atoms with Crippen molar-refractivity contribution in [2.24, 2.45) is 0 Å². The maximum absolute atomic E-state index is 5.64. The van der Waals surface area contributed by atoms with E-state index in [1.54, 1.807) is 0 Å². The van der Waals surface area contributed by atoms with Crippen molar-refractivity contribution >= 4 is 9.76 Å². The molecule has 4 heteroatoms. The number of ether oxygens (including phenoxy) is 2. The second-order valence-corrected chi connectivity index (χ2v) is 5.06. The lowest BCUT2D eigenvalue weighted by Gasteiger charge is -2.18. The van der Waals surface area contributed by atoms with E-state index in [9.17, 15) is 0 Å². The Morgan fingerprint density at radius 1 is 0.933 bits per heavy atom. The van der Waals surface area contributed by atoms with Crippen molar-refractivity contribution in [2.45, 2.75) is 59.0 Å². The second kappa shape index (κ2) is 12.2. The van der Waals surface area contributed by atoms with Crippen LogP contribution in [0, 0.1) is 0 Å². The Bertz CT molecular complexity index is 114. The lowest BCUT2D eigenvalue weighted by atomic mass is 10.4. The summed E-state index contributed by atoms with van der Waals surface area (Å²) in [5, 5.41) is 0. The van der Waals surface area contributed by atoms with Gasteiger partial charge in [0.05, 0.1) is 13.2 Å². The molecule has 0 N–H and O–H groups in total. The third-order valence-electron chi connectivity index (χ3n) is 1.92. The molecule has 0 saturated carbocycles. The molecular formula is C11H26O3Si. The minimum atomic E-state index is -0.453. The summed E-state index contributed by atoms with van der Waals surface area (Å²) in [4.78, 5) is 0. The highest BCUT2D eigenvalue weighted by Gasteiger charge is 2.07. The minimum absolute atomic E-state index is 0.395. The SMILES string of the molecule is CCCC[SiH2]OC(OCCC)OCCC. The van der Waals surface area contributed by atoms with Gasteiger partial charge in [-0.2, -0.15) is 0 Å². The van der Waals surface area contributed by atoms with Crippen LogP contribution in [0.4, 0.5) is 0 Å². The van der Waals surface area contributed by atoms with Gasteiger partial charge in [-0.05, 0) is 18.9 Å². The van der Waals surface area contributed by atoms with Gasteiger partial charge in [-0.3, -0.25) is 0 Å². The van der Waals surface area contributed by atoms with E-state index in [0.29, 0.717) is 0 Å². The molecule has 0 radical (unpaired) electrons. The van der Waals surface area contributed by atoms with Crippen LogP contribution in [-0.4, -0.2) is 29.5 Å². The molecule has 0 aromatic rings. The van der Waals surface area contributed by atoms with Crippen molar-refractivity contribution in [3.05, 3.63) is 0 Å². The maximum Gasteiger partial charge on any atom is 0.261 e. The smallest absolute Gasteiger partial charge is 0.261 e. The van der Waals surface area contributed by atoms with Gasteiger partial charge in [0.15, 0.2) is 9.76 Å². The van der Waals surface area contributed by atoms with Crippen LogP contribution < -0.4 is 0 Å². The fraction of sp³-hybridized carbons (Fsp3) is 1.00. The molecule has 0 fully saturated rings. The normalized spacial score (nSPS) is 12.0. The Hall–Kier alpha value is 0.0969. The molecule has 0 amide bonds. The first-order chi connectivity index (χ1) is 7.35. The summed E-state index contributed by atoms with van der Waals surface area (Å²) in [5.74, 6) is 0. The lowest BCUT2D eigenvalue weighted by molar-refractivity contribution is -0.247. The van der Waals surface area contributed by atoms with E-state index in [4.69, 9.17) is 13.9 Å². The van der Waals surface area contributed by atoms with E-state index in [0.717, 1.165) is 26.1 Å². The molecule has 0 atom stereocenters. The second-order valence-electron chi connectivity index (χ2n) is 3.61. The van der Waals surface area contributed by atoms with Crippen LogP contribution in [0.25, 0.3) is 0 Å². The Morgan fingerprint density at radius 2 is 1.53 bits per heavy atom. The third kappa shape index (κ3) is 10.4. The first-order valence-corrected chi connectivity index (χ1v) is 7.77. The highest BCUT2D eigenvalue weighted by atomic mass is 28.2. The molecule has 0 heterocycles. The van der Waals surface area contributed by atoms with Gasteiger partial charge in [-0.1, -0.05) is 33.6 Å². The van der Waals surface area contributed by atoms with Crippen LogP contribution >= 0.6 is 0 Å². The van der Waals surface area contributed by atoms with Crippen LogP contribution in [0.5, 0.6) is 0 Å². The summed E-state index contributed by atoms with van der Waals surface area (Å²) in [6.07, 6.45) is 4.52. The van der Waals surface area contributed by atoms with Gasteiger partial charge in [0.2, 0.25) is 0 Å². The molecule has 0 bridgehead atoms. The number of hydrogen-bond donors (Lipinski definition) is 0. The summed E-state index contributed by atoms with van der Waals surface area (Å²) < 4.78 is 16.6. The Balaban J connectivity index is 3.49. The quantitative estimate of drug-likeness (QED) is 0.312. The predicted molar refractivity (Wildman–Crippen MR) is 65.6 cm³/mol. The average molecular weight is 234 g/mol. The average Bonchev–Trinajstić information content (AvgIpc) is 2.27. The fourth-order valence-corrected chi connectivity index (χ4v) is 2.36. The molecule has 15 heavy (non-hydrogen) atoms. The molecule has 0 aromatic heterocycles. The van der Waals surface area contributed by atoms with Gasteiger partial charge >= 0.3 is 0 Å².